The van der Waals surface area contributed by atoms with Crippen LogP contribution >= 0.6 is 0 Å². The smallest absolute Gasteiger partial charge is 0.265 e. The van der Waals surface area contributed by atoms with Crippen LogP contribution in [0.1, 0.15) is 31.4 Å². The highest BCUT2D eigenvalue weighted by Crippen LogP contribution is 2.21. The van der Waals surface area contributed by atoms with Crippen molar-refractivity contribution in [3.8, 4) is 11.5 Å². The molecule has 0 aliphatic rings. The first-order chi connectivity index (χ1) is 11.5. The summed E-state index contributed by atoms with van der Waals surface area (Å²) in [6.45, 7) is 8.53. The Kier molecular flexibility index (Phi) is 6.24. The monoisotopic (exact) mass is 327 g/mol. The lowest BCUT2D eigenvalue weighted by molar-refractivity contribution is -0.122. The molecule has 0 bridgehead atoms. The quantitative estimate of drug-likeness (QED) is 0.814. The summed E-state index contributed by atoms with van der Waals surface area (Å²) in [6.07, 6.45) is 0.0482. The molecule has 0 spiro atoms. The molecule has 0 saturated carbocycles. The first kappa shape index (κ1) is 17.9. The van der Waals surface area contributed by atoms with Crippen molar-refractivity contribution in [2.45, 2.75) is 40.2 Å². The van der Waals surface area contributed by atoms with Crippen LogP contribution in [0.25, 0.3) is 0 Å². The van der Waals surface area contributed by atoms with Crippen LogP contribution in [0.15, 0.2) is 42.5 Å². The van der Waals surface area contributed by atoms with Gasteiger partial charge in [0.05, 0.1) is 6.61 Å². The maximum absolute atomic E-state index is 12.5. The first-order valence-corrected chi connectivity index (χ1v) is 8.31. The Hall–Kier alpha value is -2.49. The van der Waals surface area contributed by atoms with Gasteiger partial charge in [-0.2, -0.15) is 0 Å². The molecular weight excluding hydrogens is 302 g/mol. The second kappa shape index (κ2) is 8.39. The number of nitrogens with one attached hydrogen (secondary N) is 1. The predicted molar refractivity (Wildman–Crippen MR) is 96.9 cm³/mol. The van der Waals surface area contributed by atoms with Crippen LogP contribution < -0.4 is 14.8 Å². The van der Waals surface area contributed by atoms with Gasteiger partial charge in [0.2, 0.25) is 0 Å². The molecule has 0 aliphatic carbocycles. The number of amides is 1. The fourth-order valence-electron chi connectivity index (χ4n) is 2.33. The molecule has 0 heterocycles. The summed E-state index contributed by atoms with van der Waals surface area (Å²) in [6, 6.07) is 13.2. The van der Waals surface area contributed by atoms with Crippen molar-refractivity contribution >= 4 is 11.6 Å². The molecule has 1 atom stereocenters. The number of carbonyl (C=O) groups is 1. The van der Waals surface area contributed by atoms with Gasteiger partial charge in [-0.15, -0.1) is 0 Å². The second-order valence-electron chi connectivity index (χ2n) is 5.71. The normalized spacial score (nSPS) is 11.7. The van der Waals surface area contributed by atoms with Crippen LogP contribution in [0.5, 0.6) is 11.5 Å². The molecule has 24 heavy (non-hydrogen) atoms. The SMILES string of the molecule is CCOc1cccc(NC(=O)C(CC)Oc2ccc(C)c(C)c2)c1. The van der Waals surface area contributed by atoms with E-state index in [0.717, 1.165) is 11.3 Å². The Morgan fingerprint density at radius 2 is 1.83 bits per heavy atom. The fourth-order valence-corrected chi connectivity index (χ4v) is 2.33. The summed E-state index contributed by atoms with van der Waals surface area (Å²) in [5.74, 6) is 1.28. The number of ether oxygens (including phenoxy) is 2. The van der Waals surface area contributed by atoms with E-state index in [4.69, 9.17) is 9.47 Å². The molecule has 0 saturated heterocycles. The van der Waals surface area contributed by atoms with Crippen molar-refractivity contribution in [3.05, 3.63) is 53.6 Å². The number of anilines is 1. The Morgan fingerprint density at radius 1 is 1.04 bits per heavy atom. The molecule has 2 aromatic carbocycles. The molecule has 2 aromatic rings. The van der Waals surface area contributed by atoms with Crippen LogP contribution in [-0.4, -0.2) is 18.6 Å². The van der Waals surface area contributed by atoms with Gasteiger partial charge in [0.1, 0.15) is 11.5 Å². The third-order valence-electron chi connectivity index (χ3n) is 3.83. The van der Waals surface area contributed by atoms with E-state index in [9.17, 15) is 4.79 Å². The van der Waals surface area contributed by atoms with Crippen LogP contribution in [0.4, 0.5) is 5.69 Å². The molecule has 0 radical (unpaired) electrons. The summed E-state index contributed by atoms with van der Waals surface area (Å²) in [5.41, 5.74) is 3.05. The number of rotatable bonds is 7. The lowest BCUT2D eigenvalue weighted by Gasteiger charge is -2.18. The molecule has 2 rings (SSSR count). The van der Waals surface area contributed by atoms with E-state index in [2.05, 4.69) is 12.2 Å². The molecular formula is C20H25NO3. The maximum atomic E-state index is 12.5. The van der Waals surface area contributed by atoms with Crippen LogP contribution in [-0.2, 0) is 4.79 Å². The van der Waals surface area contributed by atoms with Crippen LogP contribution in [0.2, 0.25) is 0 Å². The third-order valence-corrected chi connectivity index (χ3v) is 3.83. The number of hydrogen-bond donors (Lipinski definition) is 1. The Balaban J connectivity index is 2.05. The predicted octanol–water partition coefficient (Wildman–Crippen LogP) is 4.50. The van der Waals surface area contributed by atoms with Crippen molar-refractivity contribution in [1.29, 1.82) is 0 Å². The van der Waals surface area contributed by atoms with E-state index >= 15 is 0 Å². The van der Waals surface area contributed by atoms with Crippen molar-refractivity contribution < 1.29 is 14.3 Å². The second-order valence-corrected chi connectivity index (χ2v) is 5.71. The summed E-state index contributed by atoms with van der Waals surface area (Å²) >= 11 is 0. The zero-order chi connectivity index (χ0) is 17.5. The van der Waals surface area contributed by atoms with E-state index in [-0.39, 0.29) is 5.91 Å². The topological polar surface area (TPSA) is 47.6 Å². The highest BCUT2D eigenvalue weighted by atomic mass is 16.5. The lowest BCUT2D eigenvalue weighted by atomic mass is 10.1. The van der Waals surface area contributed by atoms with E-state index in [1.54, 1.807) is 0 Å². The highest BCUT2D eigenvalue weighted by Gasteiger charge is 2.19. The first-order valence-electron chi connectivity index (χ1n) is 8.31. The van der Waals surface area contributed by atoms with Gasteiger partial charge in [0.25, 0.3) is 5.91 Å². The van der Waals surface area contributed by atoms with Crippen LogP contribution in [0.3, 0.4) is 0 Å². The van der Waals surface area contributed by atoms with Crippen molar-refractivity contribution in [3.63, 3.8) is 0 Å². The number of benzene rings is 2. The average Bonchev–Trinajstić information content (AvgIpc) is 2.56. The maximum Gasteiger partial charge on any atom is 0.265 e. The molecule has 1 unspecified atom stereocenters. The lowest BCUT2D eigenvalue weighted by Crippen LogP contribution is -2.32. The number of hydrogen-bond acceptors (Lipinski definition) is 3. The average molecular weight is 327 g/mol. The number of aryl methyl sites for hydroxylation is 2. The van der Waals surface area contributed by atoms with E-state index in [1.165, 1.54) is 5.56 Å². The number of carbonyl (C=O) groups excluding carboxylic acids is 1. The molecule has 128 valence electrons. The van der Waals surface area contributed by atoms with Gasteiger partial charge in [-0.05, 0) is 62.6 Å². The van der Waals surface area contributed by atoms with E-state index in [1.807, 2.05) is 63.2 Å². The van der Waals surface area contributed by atoms with E-state index < -0.39 is 6.10 Å². The van der Waals surface area contributed by atoms with Gasteiger partial charge in [-0.25, -0.2) is 0 Å². The molecule has 4 nitrogen and oxygen atoms in total. The third kappa shape index (κ3) is 4.75. The van der Waals surface area contributed by atoms with Gasteiger partial charge in [0.15, 0.2) is 6.10 Å². The molecule has 0 fully saturated rings. The van der Waals surface area contributed by atoms with Gasteiger partial charge < -0.3 is 14.8 Å². The molecule has 4 heteroatoms. The Morgan fingerprint density at radius 3 is 2.50 bits per heavy atom. The Labute approximate surface area is 143 Å². The van der Waals surface area contributed by atoms with E-state index in [0.29, 0.717) is 24.5 Å². The minimum atomic E-state index is -0.539. The van der Waals surface area contributed by atoms with Gasteiger partial charge in [0, 0.05) is 11.8 Å². The summed E-state index contributed by atoms with van der Waals surface area (Å²) < 4.78 is 11.3. The zero-order valence-corrected chi connectivity index (χ0v) is 14.8. The summed E-state index contributed by atoms with van der Waals surface area (Å²) in [5, 5.41) is 2.89. The Bertz CT molecular complexity index is 697. The largest absolute Gasteiger partial charge is 0.494 e. The highest BCUT2D eigenvalue weighted by molar-refractivity contribution is 5.94. The zero-order valence-electron chi connectivity index (χ0n) is 14.8. The molecule has 0 aromatic heterocycles. The fraction of sp³-hybridized carbons (Fsp3) is 0.350. The minimum absolute atomic E-state index is 0.163. The van der Waals surface area contributed by atoms with Crippen molar-refractivity contribution in [2.24, 2.45) is 0 Å². The molecule has 1 N–H and O–H groups in total. The van der Waals surface area contributed by atoms with Gasteiger partial charge in [-0.3, -0.25) is 4.79 Å². The van der Waals surface area contributed by atoms with Crippen molar-refractivity contribution in [2.75, 3.05) is 11.9 Å². The summed E-state index contributed by atoms with van der Waals surface area (Å²) in [7, 11) is 0. The standard InChI is InChI=1S/C20H25NO3/c1-5-19(24-18-11-10-14(3)15(4)12-18)20(22)21-16-8-7-9-17(13-16)23-6-2/h7-13,19H,5-6H2,1-4H3,(H,21,22). The van der Waals surface area contributed by atoms with Crippen LogP contribution in [0, 0.1) is 13.8 Å². The van der Waals surface area contributed by atoms with Crippen molar-refractivity contribution in [1.82, 2.24) is 0 Å². The van der Waals surface area contributed by atoms with Gasteiger partial charge >= 0.3 is 0 Å². The minimum Gasteiger partial charge on any atom is -0.494 e. The molecule has 0 aliphatic heterocycles. The summed E-state index contributed by atoms with van der Waals surface area (Å²) in [4.78, 5) is 12.5. The molecule has 1 amide bonds. The van der Waals surface area contributed by atoms with Gasteiger partial charge in [-0.1, -0.05) is 19.1 Å².